The Bertz CT molecular complexity index is 1240. The first-order chi connectivity index (χ1) is 16.2. The lowest BCUT2D eigenvalue weighted by Gasteiger charge is -2.31. The van der Waals surface area contributed by atoms with Gasteiger partial charge in [-0.1, -0.05) is 24.6 Å². The average molecular weight is 523 g/mol. The minimum Gasteiger partial charge on any atom is -0.487 e. The van der Waals surface area contributed by atoms with Crippen molar-refractivity contribution in [1.29, 1.82) is 0 Å². The lowest BCUT2D eigenvalue weighted by atomic mass is 9.98. The molecule has 1 atom stereocenters. The van der Waals surface area contributed by atoms with E-state index in [0.717, 1.165) is 50.1 Å². The number of anilines is 1. The highest BCUT2D eigenvalue weighted by atomic mass is 35.5. The molecule has 8 nitrogen and oxygen atoms in total. The third kappa shape index (κ3) is 6.22. The fourth-order valence-electron chi connectivity index (χ4n) is 3.91. The van der Waals surface area contributed by atoms with Gasteiger partial charge in [0.25, 0.3) is 0 Å². The zero-order valence-corrected chi connectivity index (χ0v) is 21.5. The quantitative estimate of drug-likeness (QED) is 0.522. The molecular weight excluding hydrogens is 496 g/mol. The maximum Gasteiger partial charge on any atom is 0.225 e. The zero-order chi connectivity index (χ0) is 24.3. The Morgan fingerprint density at radius 1 is 1.21 bits per heavy atom. The van der Waals surface area contributed by atoms with Crippen LogP contribution in [0.2, 0.25) is 5.02 Å². The molecule has 0 N–H and O–H groups in total. The molecule has 1 fully saturated rings. The molecule has 4 rings (SSSR count). The number of aryl methyl sites for hydroxylation is 1. The third-order valence-electron chi connectivity index (χ3n) is 5.76. The molecule has 0 bridgehead atoms. The maximum atomic E-state index is 12.7. The molecule has 3 heterocycles. The molecule has 0 amide bonds. The van der Waals surface area contributed by atoms with Crippen LogP contribution in [0.15, 0.2) is 46.7 Å². The fourth-order valence-corrected chi connectivity index (χ4v) is 6.31. The van der Waals surface area contributed by atoms with Crippen molar-refractivity contribution in [2.75, 3.05) is 30.9 Å². The molecular formula is C23H27ClN4O4S2. The summed E-state index contributed by atoms with van der Waals surface area (Å²) in [5.74, 6) is 1.25. The Kier molecular flexibility index (Phi) is 7.69. The van der Waals surface area contributed by atoms with Gasteiger partial charge in [0, 0.05) is 48.1 Å². The van der Waals surface area contributed by atoms with Crippen LogP contribution in [0.4, 0.5) is 5.95 Å². The van der Waals surface area contributed by atoms with Crippen molar-refractivity contribution in [3.63, 3.8) is 0 Å². The van der Waals surface area contributed by atoms with Gasteiger partial charge in [-0.3, -0.25) is 0 Å². The highest BCUT2D eigenvalue weighted by Crippen LogP contribution is 2.28. The number of piperidine rings is 1. The van der Waals surface area contributed by atoms with E-state index in [-0.39, 0.29) is 18.3 Å². The van der Waals surface area contributed by atoms with Gasteiger partial charge in [0.1, 0.15) is 17.4 Å². The molecule has 1 aromatic carbocycles. The summed E-state index contributed by atoms with van der Waals surface area (Å²) in [6.07, 6.45) is 7.48. The number of benzene rings is 1. The molecule has 1 saturated heterocycles. The van der Waals surface area contributed by atoms with Crippen LogP contribution in [0, 0.1) is 5.92 Å². The van der Waals surface area contributed by atoms with Crippen LogP contribution in [0.5, 0.6) is 5.75 Å². The Morgan fingerprint density at radius 3 is 2.53 bits per heavy atom. The molecule has 2 aromatic rings. The van der Waals surface area contributed by atoms with Gasteiger partial charge < -0.3 is 9.64 Å². The van der Waals surface area contributed by atoms with Crippen molar-refractivity contribution in [3.05, 3.63) is 57.8 Å². The number of aliphatic imine (C=N–C) groups is 1. The standard InChI is InChI=1S/C23H27ClN4O4S2/c1-3-16-11-25-23(26-12-16)28-8-6-17(7-9-28)22-27-19(14-33(22)29)13-32-20-5-4-18(21(24)10-20)15-34(2,30)31/h4-5,10-12,14,17H,3,6-9,13,15H2,1-2H3. The second-order valence-electron chi connectivity index (χ2n) is 8.47. The van der Waals surface area contributed by atoms with Crippen molar-refractivity contribution in [2.45, 2.75) is 31.9 Å². The molecule has 0 spiro atoms. The summed E-state index contributed by atoms with van der Waals surface area (Å²) in [7, 11) is -4.44. The van der Waals surface area contributed by atoms with Crippen LogP contribution >= 0.6 is 11.6 Å². The first kappa shape index (κ1) is 24.8. The van der Waals surface area contributed by atoms with Crippen molar-refractivity contribution in [2.24, 2.45) is 10.9 Å². The lowest BCUT2D eigenvalue weighted by Crippen LogP contribution is -2.37. The summed E-state index contributed by atoms with van der Waals surface area (Å²) in [6, 6.07) is 4.90. The largest absolute Gasteiger partial charge is 0.487 e. The molecule has 11 heteroatoms. The first-order valence-electron chi connectivity index (χ1n) is 11.1. The van der Waals surface area contributed by atoms with Crippen LogP contribution < -0.4 is 9.64 Å². The summed E-state index contributed by atoms with van der Waals surface area (Å²) in [4.78, 5) is 15.7. The van der Waals surface area contributed by atoms with Crippen molar-refractivity contribution < 1.29 is 17.4 Å². The van der Waals surface area contributed by atoms with E-state index >= 15 is 0 Å². The molecule has 0 radical (unpaired) electrons. The minimum absolute atomic E-state index is 0.126. The molecule has 0 aliphatic carbocycles. The van der Waals surface area contributed by atoms with E-state index < -0.39 is 20.6 Å². The van der Waals surface area contributed by atoms with Gasteiger partial charge in [0.05, 0.1) is 22.2 Å². The number of sulfone groups is 1. The van der Waals surface area contributed by atoms with E-state index in [9.17, 15) is 12.6 Å². The number of rotatable bonds is 8. The number of hydrogen-bond donors (Lipinski definition) is 0. The molecule has 2 aliphatic rings. The van der Waals surface area contributed by atoms with E-state index in [4.69, 9.17) is 16.3 Å². The maximum absolute atomic E-state index is 12.7. The SMILES string of the molecule is CCc1cnc(N2CCC(C3=NC(COc4ccc(CS(C)(=O)=O)c(Cl)c4)=CS3=O)CC2)nc1. The van der Waals surface area contributed by atoms with E-state index in [1.807, 2.05) is 12.4 Å². The number of nitrogens with zero attached hydrogens (tertiary/aromatic N) is 4. The topological polar surface area (TPSA) is 102 Å². The van der Waals surface area contributed by atoms with Gasteiger partial charge in [-0.15, -0.1) is 0 Å². The highest BCUT2D eigenvalue weighted by molar-refractivity contribution is 8.03. The number of halogens is 1. The normalized spacial score (nSPS) is 19.1. The number of hydrogen-bond acceptors (Lipinski definition) is 8. The lowest BCUT2D eigenvalue weighted by molar-refractivity contribution is 0.351. The zero-order valence-electron chi connectivity index (χ0n) is 19.1. The van der Waals surface area contributed by atoms with Gasteiger partial charge in [-0.25, -0.2) is 27.6 Å². The summed E-state index contributed by atoms with van der Waals surface area (Å²) in [5, 5.41) is 2.66. The minimum atomic E-state index is -3.18. The first-order valence-corrected chi connectivity index (χ1v) is 14.7. The van der Waals surface area contributed by atoms with E-state index in [2.05, 4.69) is 26.8 Å². The molecule has 2 aliphatic heterocycles. The number of aromatic nitrogens is 2. The second kappa shape index (κ2) is 10.5. The van der Waals surface area contributed by atoms with Crippen molar-refractivity contribution >= 4 is 43.2 Å². The van der Waals surface area contributed by atoms with Gasteiger partial charge in [-0.05, 0) is 42.5 Å². The van der Waals surface area contributed by atoms with E-state index in [1.165, 1.54) is 0 Å². The molecule has 34 heavy (non-hydrogen) atoms. The molecule has 0 saturated carbocycles. The van der Waals surface area contributed by atoms with Gasteiger partial charge in [0.2, 0.25) is 5.95 Å². The van der Waals surface area contributed by atoms with Gasteiger partial charge in [0.15, 0.2) is 9.84 Å². The van der Waals surface area contributed by atoms with Crippen LogP contribution in [-0.2, 0) is 32.8 Å². The van der Waals surface area contributed by atoms with Gasteiger partial charge >= 0.3 is 0 Å². The van der Waals surface area contributed by atoms with Crippen LogP contribution in [-0.4, -0.2) is 53.6 Å². The van der Waals surface area contributed by atoms with E-state index in [0.29, 0.717) is 27.1 Å². The number of ether oxygens (including phenoxy) is 1. The van der Waals surface area contributed by atoms with Crippen LogP contribution in [0.25, 0.3) is 0 Å². The summed E-state index contributed by atoms with van der Waals surface area (Å²) < 4.78 is 41.4. The monoisotopic (exact) mass is 522 g/mol. The Balaban J connectivity index is 1.32. The van der Waals surface area contributed by atoms with Crippen LogP contribution in [0.3, 0.4) is 0 Å². The molecule has 182 valence electrons. The summed E-state index contributed by atoms with van der Waals surface area (Å²) in [6.45, 7) is 3.81. The Labute approximate surface area is 207 Å². The second-order valence-corrected chi connectivity index (χ2v) is 12.3. The Morgan fingerprint density at radius 2 is 1.91 bits per heavy atom. The predicted molar refractivity (Wildman–Crippen MR) is 136 cm³/mol. The highest BCUT2D eigenvalue weighted by Gasteiger charge is 2.30. The van der Waals surface area contributed by atoms with Gasteiger partial charge in [-0.2, -0.15) is 0 Å². The average Bonchev–Trinajstić information content (AvgIpc) is 3.19. The summed E-state index contributed by atoms with van der Waals surface area (Å²) >= 11 is 6.20. The van der Waals surface area contributed by atoms with Crippen molar-refractivity contribution in [1.82, 2.24) is 9.97 Å². The smallest absolute Gasteiger partial charge is 0.225 e. The van der Waals surface area contributed by atoms with Crippen LogP contribution in [0.1, 0.15) is 30.9 Å². The fraction of sp³-hybridized carbons (Fsp3) is 0.435. The summed E-state index contributed by atoms with van der Waals surface area (Å²) in [5.41, 5.74) is 2.25. The Hall–Kier alpha value is -2.30. The predicted octanol–water partition coefficient (Wildman–Crippen LogP) is 3.53. The third-order valence-corrected chi connectivity index (χ3v) is 8.27. The molecule has 1 unspecified atom stereocenters. The van der Waals surface area contributed by atoms with E-state index in [1.54, 1.807) is 23.6 Å². The van der Waals surface area contributed by atoms with Crippen molar-refractivity contribution in [3.8, 4) is 5.75 Å². The molecule has 1 aromatic heterocycles.